The summed E-state index contributed by atoms with van der Waals surface area (Å²) in [7, 11) is 0. The van der Waals surface area contributed by atoms with Gasteiger partial charge in [-0.1, -0.05) is 24.3 Å². The molecule has 1 heterocycles. The van der Waals surface area contributed by atoms with E-state index in [4.69, 9.17) is 10.5 Å². The average Bonchev–Trinajstić information content (AvgIpc) is 3.26. The van der Waals surface area contributed by atoms with Crippen LogP contribution in [0.3, 0.4) is 0 Å². The second kappa shape index (κ2) is 5.19. The lowest BCUT2D eigenvalue weighted by atomic mass is 9.90. The zero-order valence-electron chi connectivity index (χ0n) is 12.0. The number of amides is 1. The summed E-state index contributed by atoms with van der Waals surface area (Å²) >= 11 is 0. The standard InChI is InChI=1S/C16H22N2O2/c1-12(15(19)18-8-10-20-11-9-18)13-4-2-3-5-14(13)16(17)6-7-16/h2-5,12H,6-11,17H2,1H3. The lowest BCUT2D eigenvalue weighted by molar-refractivity contribution is -0.136. The number of morpholine rings is 1. The first-order chi connectivity index (χ1) is 9.62. The van der Waals surface area contributed by atoms with Crippen LogP contribution in [0, 0.1) is 0 Å². The Kier molecular flexibility index (Phi) is 3.52. The third-order valence-electron chi connectivity index (χ3n) is 4.45. The summed E-state index contributed by atoms with van der Waals surface area (Å²) in [5, 5.41) is 0. The van der Waals surface area contributed by atoms with E-state index < -0.39 is 0 Å². The Balaban J connectivity index is 1.83. The van der Waals surface area contributed by atoms with E-state index in [1.165, 1.54) is 0 Å². The molecule has 1 atom stereocenters. The van der Waals surface area contributed by atoms with Crippen molar-refractivity contribution in [1.82, 2.24) is 4.90 Å². The van der Waals surface area contributed by atoms with Gasteiger partial charge in [-0.15, -0.1) is 0 Å². The number of rotatable bonds is 3. The molecule has 1 unspecified atom stereocenters. The summed E-state index contributed by atoms with van der Waals surface area (Å²) in [6.07, 6.45) is 2.03. The van der Waals surface area contributed by atoms with Gasteiger partial charge in [0.2, 0.25) is 5.91 Å². The van der Waals surface area contributed by atoms with Crippen molar-refractivity contribution in [3.05, 3.63) is 35.4 Å². The molecule has 20 heavy (non-hydrogen) atoms. The van der Waals surface area contributed by atoms with Crippen molar-refractivity contribution < 1.29 is 9.53 Å². The monoisotopic (exact) mass is 274 g/mol. The van der Waals surface area contributed by atoms with Gasteiger partial charge >= 0.3 is 0 Å². The van der Waals surface area contributed by atoms with Gasteiger partial charge in [0, 0.05) is 18.6 Å². The molecule has 1 aliphatic carbocycles. The first-order valence-electron chi connectivity index (χ1n) is 7.37. The van der Waals surface area contributed by atoms with Crippen LogP contribution in [-0.4, -0.2) is 37.1 Å². The van der Waals surface area contributed by atoms with Crippen molar-refractivity contribution in [2.75, 3.05) is 26.3 Å². The zero-order valence-corrected chi connectivity index (χ0v) is 12.0. The molecule has 1 aliphatic heterocycles. The highest BCUT2D eigenvalue weighted by molar-refractivity contribution is 5.84. The number of hydrogen-bond donors (Lipinski definition) is 1. The summed E-state index contributed by atoms with van der Waals surface area (Å²) in [4.78, 5) is 14.5. The van der Waals surface area contributed by atoms with E-state index in [1.54, 1.807) is 0 Å². The predicted octanol–water partition coefficient (Wildman–Crippen LogP) is 1.60. The van der Waals surface area contributed by atoms with Gasteiger partial charge in [0.1, 0.15) is 0 Å². The summed E-state index contributed by atoms with van der Waals surface area (Å²) in [5.41, 5.74) is 8.38. The Morgan fingerprint density at radius 3 is 2.60 bits per heavy atom. The second-order valence-corrected chi connectivity index (χ2v) is 5.90. The highest BCUT2D eigenvalue weighted by Crippen LogP contribution is 2.45. The largest absolute Gasteiger partial charge is 0.378 e. The Hall–Kier alpha value is -1.39. The molecule has 1 saturated carbocycles. The van der Waals surface area contributed by atoms with Gasteiger partial charge in [0.25, 0.3) is 0 Å². The molecule has 4 heteroatoms. The van der Waals surface area contributed by atoms with Crippen LogP contribution in [-0.2, 0) is 15.1 Å². The van der Waals surface area contributed by atoms with Crippen LogP contribution in [0.15, 0.2) is 24.3 Å². The topological polar surface area (TPSA) is 55.6 Å². The van der Waals surface area contributed by atoms with Crippen LogP contribution in [0.2, 0.25) is 0 Å². The number of carbonyl (C=O) groups is 1. The number of nitrogens with two attached hydrogens (primary N) is 1. The maximum absolute atomic E-state index is 12.6. The quantitative estimate of drug-likeness (QED) is 0.911. The van der Waals surface area contributed by atoms with Gasteiger partial charge in [-0.3, -0.25) is 4.79 Å². The van der Waals surface area contributed by atoms with Crippen LogP contribution < -0.4 is 5.73 Å². The van der Waals surface area contributed by atoms with Crippen LogP contribution in [0.1, 0.15) is 36.8 Å². The van der Waals surface area contributed by atoms with Gasteiger partial charge in [0.15, 0.2) is 0 Å². The highest BCUT2D eigenvalue weighted by atomic mass is 16.5. The summed E-state index contributed by atoms with van der Waals surface area (Å²) in [6.45, 7) is 4.66. The minimum Gasteiger partial charge on any atom is -0.378 e. The molecular formula is C16H22N2O2. The van der Waals surface area contributed by atoms with Crippen LogP contribution in [0.4, 0.5) is 0 Å². The summed E-state index contributed by atoms with van der Waals surface area (Å²) in [5.74, 6) is 0.0512. The molecule has 3 rings (SSSR count). The van der Waals surface area contributed by atoms with Crippen molar-refractivity contribution >= 4 is 5.91 Å². The molecule has 1 amide bonds. The maximum atomic E-state index is 12.6. The molecule has 2 aliphatic rings. The lowest BCUT2D eigenvalue weighted by Gasteiger charge is -2.30. The van der Waals surface area contributed by atoms with Crippen molar-refractivity contribution in [2.24, 2.45) is 5.73 Å². The first kappa shape index (κ1) is 13.6. The van der Waals surface area contributed by atoms with Gasteiger partial charge in [0.05, 0.1) is 19.1 Å². The Morgan fingerprint density at radius 1 is 1.30 bits per heavy atom. The molecule has 2 fully saturated rings. The number of hydrogen-bond acceptors (Lipinski definition) is 3. The minimum absolute atomic E-state index is 0.134. The van der Waals surface area contributed by atoms with E-state index in [0.717, 1.165) is 24.0 Å². The third kappa shape index (κ3) is 2.45. The van der Waals surface area contributed by atoms with Crippen molar-refractivity contribution in [2.45, 2.75) is 31.2 Å². The van der Waals surface area contributed by atoms with E-state index in [1.807, 2.05) is 30.0 Å². The fourth-order valence-electron chi connectivity index (χ4n) is 2.92. The van der Waals surface area contributed by atoms with Crippen LogP contribution in [0.25, 0.3) is 0 Å². The SMILES string of the molecule is CC(C(=O)N1CCOCC1)c1ccccc1C1(N)CC1. The summed E-state index contributed by atoms with van der Waals surface area (Å²) < 4.78 is 5.31. The van der Waals surface area contributed by atoms with E-state index in [9.17, 15) is 4.79 Å². The molecule has 0 radical (unpaired) electrons. The smallest absolute Gasteiger partial charge is 0.230 e. The van der Waals surface area contributed by atoms with Gasteiger partial charge in [-0.2, -0.15) is 0 Å². The zero-order chi connectivity index (χ0) is 14.2. The van der Waals surface area contributed by atoms with Crippen LogP contribution in [0.5, 0.6) is 0 Å². The second-order valence-electron chi connectivity index (χ2n) is 5.90. The Morgan fingerprint density at radius 2 is 1.95 bits per heavy atom. The van der Waals surface area contributed by atoms with Gasteiger partial charge in [-0.25, -0.2) is 0 Å². The fourth-order valence-corrected chi connectivity index (χ4v) is 2.92. The van der Waals surface area contributed by atoms with Crippen molar-refractivity contribution in [3.63, 3.8) is 0 Å². The van der Waals surface area contributed by atoms with Gasteiger partial charge in [-0.05, 0) is 30.9 Å². The third-order valence-corrected chi connectivity index (χ3v) is 4.45. The molecule has 1 saturated heterocycles. The van der Waals surface area contributed by atoms with Crippen molar-refractivity contribution in [3.8, 4) is 0 Å². The van der Waals surface area contributed by atoms with Gasteiger partial charge < -0.3 is 15.4 Å². The molecule has 4 nitrogen and oxygen atoms in total. The minimum atomic E-state index is -0.198. The molecular weight excluding hydrogens is 252 g/mol. The summed E-state index contributed by atoms with van der Waals surface area (Å²) in [6, 6.07) is 8.13. The normalized spacial score (nSPS) is 22.4. The molecule has 0 spiro atoms. The van der Waals surface area contributed by atoms with E-state index in [2.05, 4.69) is 6.07 Å². The van der Waals surface area contributed by atoms with E-state index in [0.29, 0.717) is 26.3 Å². The predicted molar refractivity (Wildman–Crippen MR) is 77.4 cm³/mol. The molecule has 108 valence electrons. The average molecular weight is 274 g/mol. The molecule has 0 aromatic heterocycles. The fraction of sp³-hybridized carbons (Fsp3) is 0.562. The number of benzene rings is 1. The van der Waals surface area contributed by atoms with Crippen LogP contribution >= 0.6 is 0 Å². The first-order valence-corrected chi connectivity index (χ1v) is 7.37. The molecule has 1 aromatic carbocycles. The highest BCUT2D eigenvalue weighted by Gasteiger charge is 2.42. The Bertz CT molecular complexity index is 505. The lowest BCUT2D eigenvalue weighted by Crippen LogP contribution is -2.43. The molecule has 2 N–H and O–H groups in total. The number of ether oxygens (including phenoxy) is 1. The van der Waals surface area contributed by atoms with Crippen molar-refractivity contribution in [1.29, 1.82) is 0 Å². The number of carbonyl (C=O) groups excluding carboxylic acids is 1. The van der Waals surface area contributed by atoms with E-state index >= 15 is 0 Å². The Labute approximate surface area is 119 Å². The molecule has 1 aromatic rings. The maximum Gasteiger partial charge on any atom is 0.230 e. The van der Waals surface area contributed by atoms with E-state index in [-0.39, 0.29) is 17.4 Å². The molecule has 0 bridgehead atoms. The number of nitrogens with zero attached hydrogens (tertiary/aromatic N) is 1.